The van der Waals surface area contributed by atoms with E-state index in [1.807, 2.05) is 42.0 Å². The van der Waals surface area contributed by atoms with Crippen LogP contribution in [0.4, 0.5) is 4.79 Å². The average molecular weight is 314 g/mol. The lowest BCUT2D eigenvalue weighted by atomic mass is 9.80. The van der Waals surface area contributed by atoms with Gasteiger partial charge in [0.25, 0.3) is 0 Å². The summed E-state index contributed by atoms with van der Waals surface area (Å²) in [6, 6.07) is 7.55. The maximum absolute atomic E-state index is 12.0. The van der Waals surface area contributed by atoms with Crippen LogP contribution in [0.1, 0.15) is 37.8 Å². The van der Waals surface area contributed by atoms with Crippen LogP contribution >= 0.6 is 0 Å². The molecule has 1 unspecified atom stereocenters. The lowest BCUT2D eigenvalue weighted by molar-refractivity contribution is -0.0290. The third-order valence-electron chi connectivity index (χ3n) is 4.38. The van der Waals surface area contributed by atoms with Crippen molar-refractivity contribution in [2.45, 2.75) is 37.8 Å². The number of benzene rings is 1. The Hall–Kier alpha value is -2.34. The molecule has 1 aromatic heterocycles. The van der Waals surface area contributed by atoms with Crippen molar-refractivity contribution < 1.29 is 9.90 Å². The topological polar surface area (TPSA) is 79.2 Å². The maximum atomic E-state index is 12.0. The molecule has 23 heavy (non-hydrogen) atoms. The minimum atomic E-state index is -0.706. The third kappa shape index (κ3) is 3.71. The molecule has 122 valence electrons. The Morgan fingerprint density at radius 2 is 2.30 bits per heavy atom. The summed E-state index contributed by atoms with van der Waals surface area (Å²) in [6.45, 7) is 2.24. The Labute approximate surface area is 135 Å². The van der Waals surface area contributed by atoms with Crippen LogP contribution in [0.3, 0.4) is 0 Å². The highest BCUT2D eigenvalue weighted by Gasteiger charge is 2.34. The van der Waals surface area contributed by atoms with Gasteiger partial charge in [0.05, 0.1) is 18.0 Å². The Balaban J connectivity index is 1.58. The fraction of sp³-hybridized carbons (Fsp3) is 0.412. The molecule has 3 rings (SSSR count). The summed E-state index contributed by atoms with van der Waals surface area (Å²) in [6.07, 6.45) is 7.89. The molecule has 2 amide bonds. The quantitative estimate of drug-likeness (QED) is 0.791. The predicted octanol–water partition coefficient (Wildman–Crippen LogP) is 2.15. The van der Waals surface area contributed by atoms with Crippen molar-refractivity contribution >= 4 is 6.03 Å². The van der Waals surface area contributed by atoms with Crippen molar-refractivity contribution in [1.29, 1.82) is 0 Å². The van der Waals surface area contributed by atoms with Crippen LogP contribution in [-0.2, 0) is 0 Å². The van der Waals surface area contributed by atoms with Gasteiger partial charge in [-0.2, -0.15) is 0 Å². The van der Waals surface area contributed by atoms with E-state index in [1.165, 1.54) is 0 Å². The van der Waals surface area contributed by atoms with Crippen LogP contribution in [0.2, 0.25) is 0 Å². The number of rotatable bonds is 5. The maximum Gasteiger partial charge on any atom is 0.315 e. The van der Waals surface area contributed by atoms with Crippen LogP contribution < -0.4 is 10.6 Å². The highest BCUT2D eigenvalue weighted by atomic mass is 16.3. The first-order valence-corrected chi connectivity index (χ1v) is 7.91. The van der Waals surface area contributed by atoms with E-state index in [9.17, 15) is 9.90 Å². The van der Waals surface area contributed by atoms with Gasteiger partial charge in [-0.05, 0) is 43.9 Å². The number of hydrogen-bond acceptors (Lipinski definition) is 3. The molecule has 0 aliphatic heterocycles. The van der Waals surface area contributed by atoms with Gasteiger partial charge >= 0.3 is 6.03 Å². The van der Waals surface area contributed by atoms with Crippen molar-refractivity contribution in [3.05, 3.63) is 48.5 Å². The SMILES string of the molecule is CC(NC(=O)NCC1(O)CCC1)c1cccc(-n2ccnc2)c1. The molecule has 1 aromatic carbocycles. The summed E-state index contributed by atoms with van der Waals surface area (Å²) in [7, 11) is 0. The summed E-state index contributed by atoms with van der Waals surface area (Å²) in [5.74, 6) is 0. The molecule has 3 N–H and O–H groups in total. The smallest absolute Gasteiger partial charge is 0.315 e. The largest absolute Gasteiger partial charge is 0.388 e. The molecule has 0 spiro atoms. The molecule has 6 nitrogen and oxygen atoms in total. The van der Waals surface area contributed by atoms with Gasteiger partial charge in [0.2, 0.25) is 0 Å². The second kappa shape index (κ2) is 6.42. The molecule has 1 aliphatic carbocycles. The van der Waals surface area contributed by atoms with Crippen LogP contribution in [-0.4, -0.2) is 32.8 Å². The molecule has 1 atom stereocenters. The first-order valence-electron chi connectivity index (χ1n) is 7.91. The molecular formula is C17H22N4O2. The summed E-state index contributed by atoms with van der Waals surface area (Å²) in [5, 5.41) is 15.7. The minimum Gasteiger partial charge on any atom is -0.388 e. The first-order chi connectivity index (χ1) is 11.1. The Bertz CT molecular complexity index is 665. The van der Waals surface area contributed by atoms with Gasteiger partial charge in [-0.1, -0.05) is 12.1 Å². The van der Waals surface area contributed by atoms with Gasteiger partial charge in [0, 0.05) is 24.6 Å². The zero-order chi connectivity index (χ0) is 16.3. The number of nitrogens with zero attached hydrogens (tertiary/aromatic N) is 2. The highest BCUT2D eigenvalue weighted by molar-refractivity contribution is 5.74. The van der Waals surface area contributed by atoms with Gasteiger partial charge in [-0.25, -0.2) is 9.78 Å². The summed E-state index contributed by atoms with van der Waals surface area (Å²) >= 11 is 0. The van der Waals surface area contributed by atoms with Gasteiger partial charge in [0.1, 0.15) is 0 Å². The van der Waals surface area contributed by atoms with Gasteiger partial charge in [-0.3, -0.25) is 0 Å². The van der Waals surface area contributed by atoms with Crippen LogP contribution in [0.15, 0.2) is 43.0 Å². The molecule has 2 aromatic rings. The third-order valence-corrected chi connectivity index (χ3v) is 4.38. The zero-order valence-electron chi connectivity index (χ0n) is 13.2. The van der Waals surface area contributed by atoms with E-state index in [-0.39, 0.29) is 12.1 Å². The number of amides is 2. The molecule has 6 heteroatoms. The fourth-order valence-corrected chi connectivity index (χ4v) is 2.70. The van der Waals surface area contributed by atoms with Gasteiger partial charge in [-0.15, -0.1) is 0 Å². The Morgan fingerprint density at radius 3 is 2.96 bits per heavy atom. The van der Waals surface area contributed by atoms with E-state index >= 15 is 0 Å². The Morgan fingerprint density at radius 1 is 1.48 bits per heavy atom. The number of carbonyl (C=O) groups excluding carboxylic acids is 1. The molecular weight excluding hydrogens is 292 g/mol. The number of urea groups is 1. The molecule has 1 aliphatic rings. The number of hydrogen-bond donors (Lipinski definition) is 3. The van der Waals surface area contributed by atoms with Crippen molar-refractivity contribution in [1.82, 2.24) is 20.2 Å². The van der Waals surface area contributed by atoms with Crippen molar-refractivity contribution in [2.24, 2.45) is 0 Å². The predicted molar refractivity (Wildman–Crippen MR) is 87.3 cm³/mol. The minimum absolute atomic E-state index is 0.130. The van der Waals surface area contributed by atoms with Crippen molar-refractivity contribution in [3.63, 3.8) is 0 Å². The normalized spacial score (nSPS) is 17.1. The van der Waals surface area contributed by atoms with Crippen LogP contribution in [0, 0.1) is 0 Å². The summed E-state index contributed by atoms with van der Waals surface area (Å²) in [4.78, 5) is 16.0. The van der Waals surface area contributed by atoms with Crippen LogP contribution in [0.25, 0.3) is 5.69 Å². The second-order valence-electron chi connectivity index (χ2n) is 6.19. The molecule has 1 heterocycles. The van der Waals surface area contributed by atoms with E-state index in [0.717, 1.165) is 30.5 Å². The summed E-state index contributed by atoms with van der Waals surface area (Å²) < 4.78 is 1.92. The fourth-order valence-electron chi connectivity index (χ4n) is 2.70. The lowest BCUT2D eigenvalue weighted by Gasteiger charge is -2.36. The van der Waals surface area contributed by atoms with Crippen molar-refractivity contribution in [3.8, 4) is 5.69 Å². The van der Waals surface area contributed by atoms with E-state index < -0.39 is 5.60 Å². The number of nitrogens with one attached hydrogen (secondary N) is 2. The first kappa shape index (κ1) is 15.6. The Kier molecular flexibility index (Phi) is 4.34. The van der Waals surface area contributed by atoms with E-state index in [2.05, 4.69) is 15.6 Å². The van der Waals surface area contributed by atoms with Gasteiger partial charge in [0.15, 0.2) is 0 Å². The number of carbonyl (C=O) groups is 1. The lowest BCUT2D eigenvalue weighted by Crippen LogP contribution is -2.50. The molecule has 0 radical (unpaired) electrons. The summed E-state index contributed by atoms with van der Waals surface area (Å²) in [5.41, 5.74) is 1.30. The molecule has 0 saturated heterocycles. The number of imidazole rings is 1. The van der Waals surface area contributed by atoms with E-state index in [4.69, 9.17) is 0 Å². The standard InChI is InChI=1S/C17H22N4O2/c1-13(20-16(22)19-11-17(23)6-3-7-17)14-4-2-5-15(10-14)21-9-8-18-12-21/h2,4-5,8-10,12-13,23H,3,6-7,11H2,1H3,(H2,19,20,22). The average Bonchev–Trinajstić information content (AvgIpc) is 3.05. The second-order valence-corrected chi connectivity index (χ2v) is 6.19. The highest BCUT2D eigenvalue weighted by Crippen LogP contribution is 2.30. The molecule has 0 bridgehead atoms. The van der Waals surface area contributed by atoms with E-state index in [1.54, 1.807) is 12.5 Å². The molecule has 1 saturated carbocycles. The monoisotopic (exact) mass is 314 g/mol. The van der Waals surface area contributed by atoms with Crippen molar-refractivity contribution in [2.75, 3.05) is 6.54 Å². The zero-order valence-corrected chi connectivity index (χ0v) is 13.2. The van der Waals surface area contributed by atoms with E-state index in [0.29, 0.717) is 6.54 Å². The molecule has 1 fully saturated rings. The van der Waals surface area contributed by atoms with Crippen LogP contribution in [0.5, 0.6) is 0 Å². The van der Waals surface area contributed by atoms with Gasteiger partial charge < -0.3 is 20.3 Å². The number of aliphatic hydroxyl groups is 1. The number of aromatic nitrogens is 2.